The highest BCUT2D eigenvalue weighted by atomic mass is 79.9. The predicted octanol–water partition coefficient (Wildman–Crippen LogP) is 3.89. The first-order chi connectivity index (χ1) is 7.19. The highest BCUT2D eigenvalue weighted by Crippen LogP contribution is 2.45. The van der Waals surface area contributed by atoms with Gasteiger partial charge >= 0.3 is 18.5 Å². The number of carbonyl (C=O) groups excluding carboxylic acids is 1. The zero-order valence-electron chi connectivity index (χ0n) is 7.19. The van der Waals surface area contributed by atoms with Crippen LogP contribution in [0.3, 0.4) is 0 Å². The number of halogens is 10. The Balaban J connectivity index is 6.27. The summed E-state index contributed by atoms with van der Waals surface area (Å²) in [7, 11) is 0. The fraction of sp³-hybridized carbons (Fsp3) is 0.500. The Morgan fingerprint density at radius 2 is 1.00 bits per heavy atom. The maximum atomic E-state index is 12.0. The molecule has 0 fully saturated rings. The summed E-state index contributed by atoms with van der Waals surface area (Å²) >= 11 is 1.45. The van der Waals surface area contributed by atoms with Crippen molar-refractivity contribution < 1.29 is 44.3 Å². The van der Waals surface area contributed by atoms with Crippen molar-refractivity contribution in [2.75, 3.05) is 0 Å². The molecule has 0 heterocycles. The van der Waals surface area contributed by atoms with E-state index in [9.17, 15) is 44.3 Å². The number of rotatable bonds is 1. The lowest BCUT2D eigenvalue weighted by Gasteiger charge is -2.19. The van der Waals surface area contributed by atoms with Gasteiger partial charge in [-0.25, -0.2) is 0 Å². The molecule has 17 heavy (non-hydrogen) atoms. The standard InChI is InChI=1S/C6BrF9O/c7-3(17)1(4(8,9)10)2(5(11,12)13)6(14,15)16. The molecule has 0 aromatic heterocycles. The monoisotopic (exact) mass is 338 g/mol. The van der Waals surface area contributed by atoms with Crippen molar-refractivity contribution in [1.29, 1.82) is 0 Å². The van der Waals surface area contributed by atoms with Gasteiger partial charge in [0.2, 0.25) is 4.69 Å². The Labute approximate surface area is 95.4 Å². The fourth-order valence-electron chi connectivity index (χ4n) is 0.796. The molecule has 0 bridgehead atoms. The molecular weight excluding hydrogens is 339 g/mol. The predicted molar refractivity (Wildman–Crippen MR) is 39.1 cm³/mol. The first-order valence-electron chi connectivity index (χ1n) is 3.34. The molecule has 0 saturated heterocycles. The van der Waals surface area contributed by atoms with Crippen molar-refractivity contribution in [1.82, 2.24) is 0 Å². The molecule has 1 nitrogen and oxygen atoms in total. The number of carbonyl (C=O) groups is 1. The molecule has 0 spiro atoms. The Hall–Kier alpha value is -0.740. The van der Waals surface area contributed by atoms with Crippen LogP contribution in [0.4, 0.5) is 39.5 Å². The van der Waals surface area contributed by atoms with E-state index in [0.29, 0.717) is 0 Å². The molecule has 0 amide bonds. The van der Waals surface area contributed by atoms with Crippen molar-refractivity contribution in [2.45, 2.75) is 18.5 Å². The topological polar surface area (TPSA) is 17.1 Å². The second-order valence-corrected chi connectivity index (χ2v) is 3.24. The van der Waals surface area contributed by atoms with Crippen LogP contribution < -0.4 is 0 Å². The molecule has 0 N–H and O–H groups in total. The minimum Gasteiger partial charge on any atom is -0.281 e. The van der Waals surface area contributed by atoms with Gasteiger partial charge < -0.3 is 0 Å². The van der Waals surface area contributed by atoms with E-state index in [4.69, 9.17) is 0 Å². The lowest BCUT2D eigenvalue weighted by atomic mass is 10.1. The number of alkyl halides is 9. The van der Waals surface area contributed by atoms with Gasteiger partial charge in [-0.2, -0.15) is 39.5 Å². The lowest BCUT2D eigenvalue weighted by molar-refractivity contribution is -0.182. The van der Waals surface area contributed by atoms with Gasteiger partial charge in [-0.3, -0.25) is 4.79 Å². The zero-order chi connectivity index (χ0) is 14.2. The van der Waals surface area contributed by atoms with E-state index < -0.39 is 34.4 Å². The Morgan fingerprint density at radius 3 is 1.06 bits per heavy atom. The van der Waals surface area contributed by atoms with E-state index in [1.54, 1.807) is 0 Å². The molecule has 100 valence electrons. The summed E-state index contributed by atoms with van der Waals surface area (Å²) < 4.78 is 105. The van der Waals surface area contributed by atoms with Gasteiger partial charge in [0.05, 0.1) is 0 Å². The van der Waals surface area contributed by atoms with Crippen molar-refractivity contribution >= 4 is 20.6 Å². The largest absolute Gasteiger partial charge is 0.422 e. The molecular formula is C6BrF9O. The molecule has 11 heteroatoms. The third kappa shape index (κ3) is 4.21. The molecule has 0 saturated carbocycles. The van der Waals surface area contributed by atoms with Gasteiger partial charge in [-0.05, 0) is 15.9 Å². The summed E-state index contributed by atoms with van der Waals surface area (Å²) in [5.74, 6) is 0. The molecule has 0 aliphatic rings. The van der Waals surface area contributed by atoms with Crippen LogP contribution >= 0.6 is 15.9 Å². The molecule has 0 radical (unpaired) electrons. The van der Waals surface area contributed by atoms with Crippen LogP contribution in [-0.4, -0.2) is 23.2 Å². The minimum atomic E-state index is -6.35. The molecule has 0 rings (SSSR count). The molecule has 0 aromatic carbocycles. The van der Waals surface area contributed by atoms with E-state index in [-0.39, 0.29) is 0 Å². The first-order valence-corrected chi connectivity index (χ1v) is 4.14. The molecule has 0 unspecified atom stereocenters. The van der Waals surface area contributed by atoms with Crippen LogP contribution in [0.5, 0.6) is 0 Å². The summed E-state index contributed by atoms with van der Waals surface area (Å²) in [5.41, 5.74) is -7.23. The van der Waals surface area contributed by atoms with Gasteiger partial charge in [-0.1, -0.05) is 0 Å². The van der Waals surface area contributed by atoms with E-state index in [2.05, 4.69) is 0 Å². The number of hydrogen-bond donors (Lipinski definition) is 0. The van der Waals surface area contributed by atoms with Gasteiger partial charge in [0.15, 0.2) is 5.57 Å². The van der Waals surface area contributed by atoms with Crippen molar-refractivity contribution in [3.63, 3.8) is 0 Å². The van der Waals surface area contributed by atoms with E-state index in [0.717, 1.165) is 0 Å². The second-order valence-electron chi connectivity index (χ2n) is 2.52. The van der Waals surface area contributed by atoms with Gasteiger partial charge in [0.1, 0.15) is 5.57 Å². The van der Waals surface area contributed by atoms with E-state index >= 15 is 0 Å². The first kappa shape index (κ1) is 16.3. The van der Waals surface area contributed by atoms with Gasteiger partial charge in [0.25, 0.3) is 0 Å². The summed E-state index contributed by atoms with van der Waals surface area (Å²) in [6.07, 6.45) is -18.8. The smallest absolute Gasteiger partial charge is 0.281 e. The van der Waals surface area contributed by atoms with Crippen molar-refractivity contribution in [3.05, 3.63) is 11.1 Å². The van der Waals surface area contributed by atoms with Crippen LogP contribution in [0.2, 0.25) is 0 Å². The summed E-state index contributed by atoms with van der Waals surface area (Å²) in [6.45, 7) is 0. The highest BCUT2D eigenvalue weighted by Gasteiger charge is 2.58. The van der Waals surface area contributed by atoms with Crippen LogP contribution in [0.1, 0.15) is 0 Å². The Morgan fingerprint density at radius 1 is 0.706 bits per heavy atom. The fourth-order valence-corrected chi connectivity index (χ4v) is 1.22. The van der Waals surface area contributed by atoms with Gasteiger partial charge in [0, 0.05) is 0 Å². The summed E-state index contributed by atoms with van der Waals surface area (Å²) in [6, 6.07) is 0. The number of allylic oxidation sites excluding steroid dienone is 2. The van der Waals surface area contributed by atoms with Gasteiger partial charge in [-0.15, -0.1) is 0 Å². The van der Waals surface area contributed by atoms with E-state index in [1.807, 2.05) is 0 Å². The average Bonchev–Trinajstić information content (AvgIpc) is 1.91. The molecule has 0 aliphatic heterocycles. The summed E-state index contributed by atoms with van der Waals surface area (Å²) in [5, 5.41) is 0. The minimum absolute atomic E-state index is 1.45. The van der Waals surface area contributed by atoms with Crippen molar-refractivity contribution in [2.24, 2.45) is 0 Å². The molecule has 0 aromatic rings. The Kier molecular flexibility index (Phi) is 4.30. The quantitative estimate of drug-likeness (QED) is 0.402. The third-order valence-electron chi connectivity index (χ3n) is 1.30. The highest BCUT2D eigenvalue weighted by molar-refractivity contribution is 9.18. The second kappa shape index (κ2) is 4.50. The van der Waals surface area contributed by atoms with E-state index in [1.165, 1.54) is 15.9 Å². The van der Waals surface area contributed by atoms with Crippen molar-refractivity contribution in [3.8, 4) is 0 Å². The average molecular weight is 339 g/mol. The SMILES string of the molecule is O=C(Br)C(=C(C(F)(F)F)C(F)(F)F)C(F)(F)F. The lowest BCUT2D eigenvalue weighted by Crippen LogP contribution is -2.33. The Bertz CT molecular complexity index is 328. The zero-order valence-corrected chi connectivity index (χ0v) is 8.77. The van der Waals surface area contributed by atoms with Crippen LogP contribution in [0.25, 0.3) is 0 Å². The molecule has 0 aliphatic carbocycles. The maximum absolute atomic E-state index is 12.0. The normalized spacial score (nSPS) is 13.5. The van der Waals surface area contributed by atoms with Crippen LogP contribution in [-0.2, 0) is 4.79 Å². The number of hydrogen-bond acceptors (Lipinski definition) is 1. The molecule has 0 atom stereocenters. The summed E-state index contributed by atoms with van der Waals surface area (Å²) in [4.78, 5) is 10.3. The van der Waals surface area contributed by atoms with Crippen LogP contribution in [0.15, 0.2) is 11.1 Å². The third-order valence-corrected chi connectivity index (χ3v) is 1.69. The van der Waals surface area contributed by atoms with Crippen LogP contribution in [0, 0.1) is 0 Å². The maximum Gasteiger partial charge on any atom is 0.422 e.